The first-order valence-electron chi connectivity index (χ1n) is 4.24. The van der Waals surface area contributed by atoms with Crippen molar-refractivity contribution in [2.75, 3.05) is 6.61 Å². The van der Waals surface area contributed by atoms with Crippen molar-refractivity contribution in [1.29, 1.82) is 0 Å². The van der Waals surface area contributed by atoms with E-state index in [1.54, 1.807) is 6.92 Å². The second-order valence-corrected chi connectivity index (χ2v) is 2.51. The number of hydrogen-bond acceptors (Lipinski definition) is 3. The molecule has 1 heterocycles. The number of hydrogen-bond donors (Lipinski definition) is 1. The van der Waals surface area contributed by atoms with Crippen molar-refractivity contribution in [2.24, 2.45) is 0 Å². The number of nitrogens with one attached hydrogen (secondary N) is 1. The van der Waals surface area contributed by atoms with E-state index in [4.69, 9.17) is 0 Å². The highest BCUT2D eigenvalue weighted by atomic mass is 19.1. The molecule has 5 heteroatoms. The average Bonchev–Trinajstić information content (AvgIpc) is 2.17. The van der Waals surface area contributed by atoms with Crippen molar-refractivity contribution >= 4 is 6.09 Å². The van der Waals surface area contributed by atoms with Gasteiger partial charge in [0.25, 0.3) is 0 Å². The number of amides is 1. The summed E-state index contributed by atoms with van der Waals surface area (Å²) >= 11 is 0. The molecule has 0 radical (unpaired) electrons. The Morgan fingerprint density at radius 2 is 2.50 bits per heavy atom. The summed E-state index contributed by atoms with van der Waals surface area (Å²) in [6.07, 6.45) is 0.892. The van der Waals surface area contributed by atoms with Crippen LogP contribution >= 0.6 is 0 Å². The third-order valence-electron chi connectivity index (χ3n) is 1.51. The van der Waals surface area contributed by atoms with E-state index in [1.165, 1.54) is 18.3 Å². The van der Waals surface area contributed by atoms with E-state index in [-0.39, 0.29) is 18.8 Å². The molecule has 1 N–H and O–H groups in total. The van der Waals surface area contributed by atoms with Crippen LogP contribution in [-0.2, 0) is 11.3 Å². The fourth-order valence-corrected chi connectivity index (χ4v) is 0.886. The highest BCUT2D eigenvalue weighted by Crippen LogP contribution is 2.01. The largest absolute Gasteiger partial charge is 0.450 e. The summed E-state index contributed by atoms with van der Waals surface area (Å²) in [5.41, 5.74) is 0.195. The third-order valence-corrected chi connectivity index (χ3v) is 1.51. The van der Waals surface area contributed by atoms with Crippen LogP contribution in [0.25, 0.3) is 0 Å². The predicted octanol–water partition coefficient (Wildman–Crippen LogP) is 1.47. The average molecular weight is 198 g/mol. The Morgan fingerprint density at radius 3 is 3.14 bits per heavy atom. The van der Waals surface area contributed by atoms with Gasteiger partial charge in [-0.25, -0.2) is 9.18 Å². The number of nitrogens with zero attached hydrogens (tertiary/aromatic N) is 1. The van der Waals surface area contributed by atoms with Crippen LogP contribution in [0.5, 0.6) is 0 Å². The van der Waals surface area contributed by atoms with Gasteiger partial charge in [0.15, 0.2) is 0 Å². The second kappa shape index (κ2) is 5.16. The van der Waals surface area contributed by atoms with Gasteiger partial charge in [0.1, 0.15) is 5.82 Å². The molecule has 0 atom stereocenters. The first-order valence-corrected chi connectivity index (χ1v) is 4.24. The number of carbonyl (C=O) groups excluding carboxylic acids is 1. The summed E-state index contributed by atoms with van der Waals surface area (Å²) in [5, 5.41) is 2.38. The normalized spacial score (nSPS) is 9.57. The standard InChI is InChI=1S/C9H11FN2O2/c1-2-14-9(13)12-6-8-7(10)4-3-5-11-8/h3-5H,2,6H2,1H3,(H,12,13). The molecular formula is C9H11FN2O2. The van der Waals surface area contributed by atoms with Crippen LogP contribution in [0.15, 0.2) is 18.3 Å². The number of carbonyl (C=O) groups is 1. The van der Waals surface area contributed by atoms with Gasteiger partial charge in [-0.1, -0.05) is 0 Å². The minimum absolute atomic E-state index is 0.0332. The number of halogens is 1. The Balaban J connectivity index is 2.46. The maximum atomic E-state index is 13.0. The molecule has 0 aromatic carbocycles. The van der Waals surface area contributed by atoms with E-state index in [0.717, 1.165) is 0 Å². The molecule has 0 saturated carbocycles. The van der Waals surface area contributed by atoms with E-state index in [0.29, 0.717) is 0 Å². The zero-order chi connectivity index (χ0) is 10.4. The lowest BCUT2D eigenvalue weighted by Gasteiger charge is -2.04. The van der Waals surface area contributed by atoms with Gasteiger partial charge in [0, 0.05) is 6.20 Å². The number of ether oxygens (including phenoxy) is 1. The second-order valence-electron chi connectivity index (χ2n) is 2.51. The molecular weight excluding hydrogens is 187 g/mol. The van der Waals surface area contributed by atoms with Gasteiger partial charge < -0.3 is 10.1 Å². The van der Waals surface area contributed by atoms with Crippen molar-refractivity contribution < 1.29 is 13.9 Å². The van der Waals surface area contributed by atoms with Crippen molar-refractivity contribution in [2.45, 2.75) is 13.5 Å². The lowest BCUT2D eigenvalue weighted by Crippen LogP contribution is -2.24. The predicted molar refractivity (Wildman–Crippen MR) is 48.1 cm³/mol. The Bertz CT molecular complexity index is 317. The van der Waals surface area contributed by atoms with Crippen molar-refractivity contribution in [1.82, 2.24) is 10.3 Å². The molecule has 14 heavy (non-hydrogen) atoms. The van der Waals surface area contributed by atoms with E-state index in [1.807, 2.05) is 0 Å². The van der Waals surface area contributed by atoms with Crippen LogP contribution in [0.4, 0.5) is 9.18 Å². The van der Waals surface area contributed by atoms with Crippen LogP contribution in [-0.4, -0.2) is 17.7 Å². The van der Waals surface area contributed by atoms with E-state index >= 15 is 0 Å². The molecule has 1 aromatic heterocycles. The molecule has 0 fully saturated rings. The number of alkyl carbamates (subject to hydrolysis) is 1. The molecule has 0 unspecified atom stereocenters. The highest BCUT2D eigenvalue weighted by Gasteiger charge is 2.04. The van der Waals surface area contributed by atoms with Crippen LogP contribution in [0.3, 0.4) is 0 Å². The quantitative estimate of drug-likeness (QED) is 0.800. The lowest BCUT2D eigenvalue weighted by molar-refractivity contribution is 0.151. The minimum atomic E-state index is -0.572. The molecule has 76 valence electrons. The molecule has 0 saturated heterocycles. The maximum absolute atomic E-state index is 13.0. The van der Waals surface area contributed by atoms with Gasteiger partial charge in [0.2, 0.25) is 0 Å². The molecule has 1 aromatic rings. The fourth-order valence-electron chi connectivity index (χ4n) is 0.886. The molecule has 0 bridgehead atoms. The summed E-state index contributed by atoms with van der Waals surface area (Å²) in [6, 6.07) is 2.78. The van der Waals surface area contributed by atoms with Gasteiger partial charge in [-0.05, 0) is 19.1 Å². The van der Waals surface area contributed by atoms with E-state index in [9.17, 15) is 9.18 Å². The molecule has 0 aliphatic rings. The Hall–Kier alpha value is -1.65. The monoisotopic (exact) mass is 198 g/mol. The zero-order valence-electron chi connectivity index (χ0n) is 7.79. The summed E-state index contributed by atoms with van der Waals surface area (Å²) in [4.78, 5) is 14.6. The van der Waals surface area contributed by atoms with Crippen molar-refractivity contribution in [3.63, 3.8) is 0 Å². The summed E-state index contributed by atoms with van der Waals surface area (Å²) in [6.45, 7) is 2.02. The van der Waals surface area contributed by atoms with Crippen molar-refractivity contribution in [3.8, 4) is 0 Å². The van der Waals surface area contributed by atoms with E-state index < -0.39 is 11.9 Å². The molecule has 1 amide bonds. The highest BCUT2D eigenvalue weighted by molar-refractivity contribution is 5.66. The SMILES string of the molecule is CCOC(=O)NCc1ncccc1F. The Kier molecular flexibility index (Phi) is 3.84. The topological polar surface area (TPSA) is 51.2 Å². The maximum Gasteiger partial charge on any atom is 0.407 e. The minimum Gasteiger partial charge on any atom is -0.450 e. The Labute approximate surface area is 81.1 Å². The lowest BCUT2D eigenvalue weighted by atomic mass is 10.3. The van der Waals surface area contributed by atoms with Gasteiger partial charge in [-0.15, -0.1) is 0 Å². The molecule has 4 nitrogen and oxygen atoms in total. The summed E-state index contributed by atoms with van der Waals surface area (Å²) in [5.74, 6) is -0.440. The van der Waals surface area contributed by atoms with Gasteiger partial charge in [0.05, 0.1) is 18.8 Å². The molecule has 0 aliphatic heterocycles. The van der Waals surface area contributed by atoms with Crippen LogP contribution in [0.1, 0.15) is 12.6 Å². The van der Waals surface area contributed by atoms with Gasteiger partial charge in [-0.2, -0.15) is 0 Å². The van der Waals surface area contributed by atoms with Crippen LogP contribution in [0.2, 0.25) is 0 Å². The first kappa shape index (κ1) is 10.4. The molecule has 1 rings (SSSR count). The summed E-state index contributed by atoms with van der Waals surface area (Å²) in [7, 11) is 0. The third kappa shape index (κ3) is 3.01. The van der Waals surface area contributed by atoms with Gasteiger partial charge in [-0.3, -0.25) is 4.98 Å². The smallest absolute Gasteiger partial charge is 0.407 e. The molecule has 0 spiro atoms. The van der Waals surface area contributed by atoms with E-state index in [2.05, 4.69) is 15.0 Å². The number of aromatic nitrogens is 1. The van der Waals surface area contributed by atoms with Crippen molar-refractivity contribution in [3.05, 3.63) is 29.8 Å². The zero-order valence-corrected chi connectivity index (χ0v) is 7.79. The number of pyridine rings is 1. The van der Waals surface area contributed by atoms with Crippen LogP contribution in [0, 0.1) is 5.82 Å². The van der Waals surface area contributed by atoms with Crippen LogP contribution < -0.4 is 5.32 Å². The first-order chi connectivity index (χ1) is 6.74. The Morgan fingerprint density at radius 1 is 1.71 bits per heavy atom. The van der Waals surface area contributed by atoms with Gasteiger partial charge >= 0.3 is 6.09 Å². The molecule has 0 aliphatic carbocycles. The number of rotatable bonds is 3. The fraction of sp³-hybridized carbons (Fsp3) is 0.333. The summed E-state index contributed by atoms with van der Waals surface area (Å²) < 4.78 is 17.6.